The number of carbonyl (C=O) groups excluding carboxylic acids is 4. The van der Waals surface area contributed by atoms with Crippen LogP contribution >= 0.6 is 0 Å². The second kappa shape index (κ2) is 17.6. The fourth-order valence-corrected chi connectivity index (χ4v) is 3.66. The molecule has 2 aromatic carbocycles. The van der Waals surface area contributed by atoms with Crippen molar-refractivity contribution in [1.82, 2.24) is 15.8 Å². The molecule has 212 valence electrons. The van der Waals surface area contributed by atoms with Crippen molar-refractivity contribution in [2.45, 2.75) is 65.2 Å². The van der Waals surface area contributed by atoms with Crippen LogP contribution < -0.4 is 10.7 Å². The number of hydrogen-bond donors (Lipinski definition) is 3. The molecule has 3 N–H and O–H groups in total. The van der Waals surface area contributed by atoms with Crippen molar-refractivity contribution in [1.29, 1.82) is 0 Å². The summed E-state index contributed by atoms with van der Waals surface area (Å²) in [5.41, 5.74) is 4.19. The van der Waals surface area contributed by atoms with Crippen molar-refractivity contribution in [2.75, 3.05) is 13.2 Å². The van der Waals surface area contributed by atoms with Gasteiger partial charge in [0.25, 0.3) is 5.91 Å². The summed E-state index contributed by atoms with van der Waals surface area (Å²) in [6.07, 6.45) is 0.713. The number of benzene rings is 2. The molecule has 0 aliphatic rings. The third-order valence-corrected chi connectivity index (χ3v) is 5.71. The molecule has 0 aliphatic heterocycles. The van der Waals surface area contributed by atoms with Crippen LogP contribution in [0.5, 0.6) is 0 Å². The summed E-state index contributed by atoms with van der Waals surface area (Å²) >= 11 is 0. The molecule has 2 aromatic rings. The summed E-state index contributed by atoms with van der Waals surface area (Å²) in [7, 11) is 0. The van der Waals surface area contributed by atoms with Gasteiger partial charge in [0.1, 0.15) is 25.9 Å². The van der Waals surface area contributed by atoms with Gasteiger partial charge in [-0.1, -0.05) is 80.9 Å². The van der Waals surface area contributed by atoms with Crippen LogP contribution in [-0.4, -0.2) is 53.2 Å². The van der Waals surface area contributed by atoms with Gasteiger partial charge in [-0.2, -0.15) is 0 Å². The zero-order valence-electron chi connectivity index (χ0n) is 22.6. The first-order chi connectivity index (χ1) is 18.8. The molecule has 0 saturated heterocycles. The highest BCUT2D eigenvalue weighted by Gasteiger charge is 2.26. The Morgan fingerprint density at radius 2 is 1.44 bits per heavy atom. The van der Waals surface area contributed by atoms with Gasteiger partial charge in [0.2, 0.25) is 0 Å². The summed E-state index contributed by atoms with van der Waals surface area (Å²) in [5.74, 6) is -0.755. The molecular weight excluding hydrogens is 502 g/mol. The molecule has 1 atom stereocenters. The molecule has 0 spiro atoms. The van der Waals surface area contributed by atoms with Gasteiger partial charge in [0.15, 0.2) is 5.78 Å². The van der Waals surface area contributed by atoms with E-state index < -0.39 is 30.7 Å². The van der Waals surface area contributed by atoms with Crippen LogP contribution in [0.2, 0.25) is 0 Å². The molecule has 10 heteroatoms. The van der Waals surface area contributed by atoms with E-state index in [9.17, 15) is 19.2 Å². The molecule has 10 nitrogen and oxygen atoms in total. The summed E-state index contributed by atoms with van der Waals surface area (Å²) in [6.45, 7) is 3.55. The number of alkyl carbamates (subject to hydrolysis) is 1. The van der Waals surface area contributed by atoms with E-state index in [1.165, 1.54) is 0 Å². The average Bonchev–Trinajstić information content (AvgIpc) is 2.94. The topological polar surface area (TPSA) is 134 Å². The minimum absolute atomic E-state index is 0.0243. The van der Waals surface area contributed by atoms with Crippen molar-refractivity contribution < 1.29 is 33.8 Å². The van der Waals surface area contributed by atoms with E-state index in [0.29, 0.717) is 25.7 Å². The largest absolute Gasteiger partial charge is 0.445 e. The van der Waals surface area contributed by atoms with Gasteiger partial charge in [0.05, 0.1) is 0 Å². The van der Waals surface area contributed by atoms with E-state index in [1.54, 1.807) is 0 Å². The fourth-order valence-electron chi connectivity index (χ4n) is 3.66. The lowest BCUT2D eigenvalue weighted by molar-refractivity contribution is -0.128. The van der Waals surface area contributed by atoms with Crippen LogP contribution in [0.3, 0.4) is 0 Å². The maximum atomic E-state index is 13.2. The van der Waals surface area contributed by atoms with Crippen LogP contribution in [0.25, 0.3) is 0 Å². The number of unbranched alkanes of at least 4 members (excludes halogenated alkanes) is 2. The van der Waals surface area contributed by atoms with Gasteiger partial charge in [-0.05, 0) is 36.3 Å². The zero-order valence-corrected chi connectivity index (χ0v) is 22.6. The molecule has 0 heterocycles. The second-order valence-corrected chi connectivity index (χ2v) is 9.56. The van der Waals surface area contributed by atoms with Crippen molar-refractivity contribution in [3.63, 3.8) is 0 Å². The van der Waals surface area contributed by atoms with Crippen molar-refractivity contribution in [3.05, 3.63) is 71.8 Å². The van der Waals surface area contributed by atoms with Crippen molar-refractivity contribution in [2.24, 2.45) is 5.92 Å². The highest BCUT2D eigenvalue weighted by Crippen LogP contribution is 2.09. The van der Waals surface area contributed by atoms with Gasteiger partial charge < -0.3 is 19.9 Å². The number of hydrogen-bond acceptors (Lipinski definition) is 7. The number of nitrogens with zero attached hydrogens (tertiary/aromatic N) is 1. The number of ether oxygens (including phenoxy) is 2. The molecule has 0 aromatic heterocycles. The quantitative estimate of drug-likeness (QED) is 0.228. The minimum Gasteiger partial charge on any atom is -0.445 e. The first-order valence-electron chi connectivity index (χ1n) is 13.2. The molecule has 0 bridgehead atoms. The second-order valence-electron chi connectivity index (χ2n) is 9.56. The van der Waals surface area contributed by atoms with E-state index >= 15 is 0 Å². The maximum Gasteiger partial charge on any atom is 0.429 e. The van der Waals surface area contributed by atoms with Crippen LogP contribution in [0.15, 0.2) is 60.7 Å². The minimum atomic E-state index is -0.945. The van der Waals surface area contributed by atoms with Crippen LogP contribution in [0, 0.1) is 5.92 Å². The first kappa shape index (κ1) is 31.3. The molecule has 39 heavy (non-hydrogen) atoms. The Kier molecular flexibility index (Phi) is 14.1. The van der Waals surface area contributed by atoms with Crippen LogP contribution in [-0.2, 0) is 32.3 Å². The zero-order chi connectivity index (χ0) is 28.5. The highest BCUT2D eigenvalue weighted by atomic mass is 16.6. The number of aliphatic hydroxyl groups is 1. The molecule has 0 aliphatic carbocycles. The number of rotatable bonds is 15. The Balaban J connectivity index is 2.00. The van der Waals surface area contributed by atoms with E-state index in [-0.39, 0.29) is 37.9 Å². The average molecular weight is 542 g/mol. The molecule has 0 unspecified atom stereocenters. The smallest absolute Gasteiger partial charge is 0.429 e. The summed E-state index contributed by atoms with van der Waals surface area (Å²) in [6, 6.07) is 17.4. The molecule has 0 radical (unpaired) electrons. The summed E-state index contributed by atoms with van der Waals surface area (Å²) in [5, 5.41) is 12.6. The van der Waals surface area contributed by atoms with E-state index in [4.69, 9.17) is 14.6 Å². The van der Waals surface area contributed by atoms with Gasteiger partial charge >= 0.3 is 12.2 Å². The Hall–Kier alpha value is -3.92. The Labute approximate surface area is 229 Å². The number of Topliss-reactive ketones (excluding diaryl/α,β-unsaturated/α-hetero) is 1. The standard InChI is InChI=1S/C29H39N3O7/c1-22(2)18-26(30-28(36)38-20-23-12-6-3-7-13-23)27(35)31-32(17-11-5-10-16-25(34)19-33)29(37)39-21-24-14-8-4-9-15-24/h3-4,6-9,12-15,22,26,33H,5,10-11,16-21H2,1-2H3,(H,30,36)(H,31,35)/t26-/m0/s1. The third kappa shape index (κ3) is 12.9. The molecule has 0 saturated carbocycles. The lowest BCUT2D eigenvalue weighted by atomic mass is 10.0. The number of nitrogens with one attached hydrogen (secondary N) is 2. The first-order valence-corrected chi connectivity index (χ1v) is 13.2. The molecule has 0 fully saturated rings. The number of hydrazine groups is 1. The molecule has 2 rings (SSSR count). The van der Waals surface area contributed by atoms with Gasteiger partial charge in [-0.3, -0.25) is 15.0 Å². The Morgan fingerprint density at radius 1 is 0.846 bits per heavy atom. The number of carbonyl (C=O) groups is 4. The fraction of sp³-hybridized carbons (Fsp3) is 0.448. The maximum absolute atomic E-state index is 13.2. The van der Waals surface area contributed by atoms with Crippen LogP contribution in [0.4, 0.5) is 9.59 Å². The van der Waals surface area contributed by atoms with E-state index in [0.717, 1.165) is 16.1 Å². The summed E-state index contributed by atoms with van der Waals surface area (Å²) < 4.78 is 10.7. The van der Waals surface area contributed by atoms with Crippen molar-refractivity contribution in [3.8, 4) is 0 Å². The number of aliphatic hydroxyl groups excluding tert-OH is 1. The Morgan fingerprint density at radius 3 is 2.00 bits per heavy atom. The lowest BCUT2D eigenvalue weighted by Crippen LogP contribution is -2.54. The molecule has 3 amide bonds. The summed E-state index contributed by atoms with van der Waals surface area (Å²) in [4.78, 5) is 49.9. The molecular formula is C29H39N3O7. The Bertz CT molecular complexity index is 1030. The SMILES string of the molecule is CC(C)C[C@H](NC(=O)OCc1ccccc1)C(=O)NN(CCCCCC(=O)CO)C(=O)OCc1ccccc1. The third-order valence-electron chi connectivity index (χ3n) is 5.71. The predicted octanol–water partition coefficient (Wildman–Crippen LogP) is 4.12. The van der Waals surface area contributed by atoms with Gasteiger partial charge in [-0.15, -0.1) is 0 Å². The van der Waals surface area contributed by atoms with Gasteiger partial charge in [-0.25, -0.2) is 14.6 Å². The predicted molar refractivity (Wildman–Crippen MR) is 145 cm³/mol. The van der Waals surface area contributed by atoms with Gasteiger partial charge in [0, 0.05) is 13.0 Å². The van der Waals surface area contributed by atoms with E-state index in [1.807, 2.05) is 74.5 Å². The monoisotopic (exact) mass is 541 g/mol. The van der Waals surface area contributed by atoms with E-state index in [2.05, 4.69) is 10.7 Å². The number of ketones is 1. The normalized spacial score (nSPS) is 11.4. The van der Waals surface area contributed by atoms with Crippen LogP contribution in [0.1, 0.15) is 57.1 Å². The highest BCUT2D eigenvalue weighted by molar-refractivity contribution is 5.86. The van der Waals surface area contributed by atoms with Crippen molar-refractivity contribution >= 4 is 23.9 Å². The number of amides is 3. The lowest BCUT2D eigenvalue weighted by Gasteiger charge is -2.26.